The highest BCUT2D eigenvalue weighted by Gasteiger charge is 2.13. The van der Waals surface area contributed by atoms with Crippen molar-refractivity contribution in [2.75, 3.05) is 0 Å². The summed E-state index contributed by atoms with van der Waals surface area (Å²) in [5.41, 5.74) is 6.44. The summed E-state index contributed by atoms with van der Waals surface area (Å²) in [6, 6.07) is 6.34. The van der Waals surface area contributed by atoms with E-state index in [1.165, 1.54) is 12.1 Å². The van der Waals surface area contributed by atoms with Crippen molar-refractivity contribution in [1.29, 1.82) is 0 Å². The monoisotopic (exact) mass is 247 g/mol. The highest BCUT2D eigenvalue weighted by Crippen LogP contribution is 2.23. The molecule has 0 aliphatic heterocycles. The molecular formula is C13H14FN3O. The molecule has 0 saturated heterocycles. The molecule has 0 atom stereocenters. The Kier molecular flexibility index (Phi) is 3.14. The summed E-state index contributed by atoms with van der Waals surface area (Å²) in [6.07, 6.45) is 1.66. The largest absolute Gasteiger partial charge is 0.366 e. The van der Waals surface area contributed by atoms with Gasteiger partial charge in [0.25, 0.3) is 5.91 Å². The molecule has 5 heteroatoms. The lowest BCUT2D eigenvalue weighted by Crippen LogP contribution is -2.13. The van der Waals surface area contributed by atoms with Crippen molar-refractivity contribution in [3.05, 3.63) is 41.8 Å². The molecule has 18 heavy (non-hydrogen) atoms. The Balaban J connectivity index is 2.49. The van der Waals surface area contributed by atoms with E-state index in [-0.39, 0.29) is 11.6 Å². The van der Waals surface area contributed by atoms with Crippen molar-refractivity contribution in [3.8, 4) is 11.3 Å². The number of nitrogens with zero attached hydrogens (tertiary/aromatic N) is 2. The molecule has 2 aromatic rings. The van der Waals surface area contributed by atoms with Gasteiger partial charge in [0.15, 0.2) is 0 Å². The summed E-state index contributed by atoms with van der Waals surface area (Å²) < 4.78 is 15.5. The van der Waals surface area contributed by atoms with Gasteiger partial charge < -0.3 is 5.73 Å². The molecular weight excluding hydrogens is 233 g/mol. The van der Waals surface area contributed by atoms with Gasteiger partial charge in [0.2, 0.25) is 0 Å². The Morgan fingerprint density at radius 3 is 2.67 bits per heavy atom. The molecule has 1 heterocycles. The van der Waals surface area contributed by atoms with Crippen LogP contribution in [0.25, 0.3) is 11.3 Å². The van der Waals surface area contributed by atoms with Crippen molar-refractivity contribution in [3.63, 3.8) is 0 Å². The van der Waals surface area contributed by atoms with E-state index in [1.54, 1.807) is 23.0 Å². The van der Waals surface area contributed by atoms with Gasteiger partial charge in [0, 0.05) is 17.8 Å². The molecule has 0 unspecified atom stereocenters. The third-order valence-electron chi connectivity index (χ3n) is 2.69. The number of aromatic nitrogens is 2. The van der Waals surface area contributed by atoms with Crippen molar-refractivity contribution >= 4 is 5.91 Å². The minimum atomic E-state index is -0.767. The molecule has 94 valence electrons. The van der Waals surface area contributed by atoms with Crippen LogP contribution in [0, 0.1) is 5.82 Å². The third kappa shape index (κ3) is 2.11. The second kappa shape index (κ2) is 4.60. The molecule has 0 bridgehead atoms. The van der Waals surface area contributed by atoms with Crippen LogP contribution in [0.4, 0.5) is 4.39 Å². The second-order valence-electron chi connectivity index (χ2n) is 4.31. The number of rotatable bonds is 3. The quantitative estimate of drug-likeness (QED) is 0.905. The Labute approximate surface area is 104 Å². The second-order valence-corrected chi connectivity index (χ2v) is 4.31. The molecule has 0 aliphatic rings. The zero-order valence-corrected chi connectivity index (χ0v) is 10.2. The lowest BCUT2D eigenvalue weighted by molar-refractivity contribution is 0.0996. The SMILES string of the molecule is CC(C)n1nccc1-c1ccc(C(N)=O)c(F)c1. The highest BCUT2D eigenvalue weighted by molar-refractivity contribution is 5.93. The Morgan fingerprint density at radius 1 is 1.39 bits per heavy atom. The number of carbonyl (C=O) groups excluding carboxylic acids is 1. The van der Waals surface area contributed by atoms with Crippen LogP contribution >= 0.6 is 0 Å². The molecule has 0 saturated carbocycles. The van der Waals surface area contributed by atoms with E-state index >= 15 is 0 Å². The van der Waals surface area contributed by atoms with Crippen LogP contribution in [0.15, 0.2) is 30.5 Å². The summed E-state index contributed by atoms with van der Waals surface area (Å²) >= 11 is 0. The fraction of sp³-hybridized carbons (Fsp3) is 0.231. The number of amides is 1. The molecule has 0 fully saturated rings. The zero-order valence-electron chi connectivity index (χ0n) is 10.2. The number of benzene rings is 1. The predicted molar refractivity (Wildman–Crippen MR) is 66.5 cm³/mol. The van der Waals surface area contributed by atoms with Gasteiger partial charge in [-0.2, -0.15) is 5.10 Å². The molecule has 1 amide bonds. The third-order valence-corrected chi connectivity index (χ3v) is 2.69. The molecule has 0 radical (unpaired) electrons. The Bertz CT molecular complexity index is 590. The average Bonchev–Trinajstić information content (AvgIpc) is 2.77. The molecule has 1 aromatic carbocycles. The van der Waals surface area contributed by atoms with Gasteiger partial charge in [-0.1, -0.05) is 6.07 Å². The number of nitrogens with two attached hydrogens (primary N) is 1. The maximum absolute atomic E-state index is 13.7. The predicted octanol–water partition coefficient (Wildman–Crippen LogP) is 2.37. The molecule has 0 aliphatic carbocycles. The van der Waals surface area contributed by atoms with Gasteiger partial charge >= 0.3 is 0 Å². The number of carbonyl (C=O) groups is 1. The molecule has 1 aromatic heterocycles. The summed E-state index contributed by atoms with van der Waals surface area (Å²) in [5.74, 6) is -1.38. The van der Waals surface area contributed by atoms with E-state index in [0.717, 1.165) is 5.69 Å². The van der Waals surface area contributed by atoms with E-state index in [1.807, 2.05) is 13.8 Å². The number of hydrogen-bond acceptors (Lipinski definition) is 2. The van der Waals surface area contributed by atoms with Crippen molar-refractivity contribution in [2.24, 2.45) is 5.73 Å². The van der Waals surface area contributed by atoms with Gasteiger partial charge in [-0.05, 0) is 32.0 Å². The summed E-state index contributed by atoms with van der Waals surface area (Å²) in [6.45, 7) is 3.98. The van der Waals surface area contributed by atoms with Crippen LogP contribution in [0.3, 0.4) is 0 Å². The molecule has 2 rings (SSSR count). The first-order valence-corrected chi connectivity index (χ1v) is 5.64. The van der Waals surface area contributed by atoms with Gasteiger partial charge in [-0.25, -0.2) is 4.39 Å². The van der Waals surface area contributed by atoms with Crippen molar-refractivity contribution in [2.45, 2.75) is 19.9 Å². The smallest absolute Gasteiger partial charge is 0.251 e. The lowest BCUT2D eigenvalue weighted by atomic mass is 10.1. The number of hydrogen-bond donors (Lipinski definition) is 1. The summed E-state index contributed by atoms with van der Waals surface area (Å²) in [7, 11) is 0. The van der Waals surface area contributed by atoms with Crippen LogP contribution < -0.4 is 5.73 Å². The van der Waals surface area contributed by atoms with Crippen molar-refractivity contribution < 1.29 is 9.18 Å². The first-order chi connectivity index (χ1) is 8.50. The Morgan fingerprint density at radius 2 is 2.11 bits per heavy atom. The normalized spacial score (nSPS) is 10.9. The van der Waals surface area contributed by atoms with Gasteiger partial charge in [-0.3, -0.25) is 9.48 Å². The maximum atomic E-state index is 13.7. The van der Waals surface area contributed by atoms with E-state index in [4.69, 9.17) is 5.73 Å². The standard InChI is InChI=1S/C13H14FN3O/c1-8(2)17-12(5-6-16-17)9-3-4-10(13(15)18)11(14)7-9/h3-8H,1-2H3,(H2,15,18). The van der Waals surface area contributed by atoms with Crippen LogP contribution in [0.1, 0.15) is 30.2 Å². The van der Waals surface area contributed by atoms with Crippen LogP contribution in [-0.2, 0) is 0 Å². The zero-order chi connectivity index (χ0) is 13.3. The van der Waals surface area contributed by atoms with Crippen LogP contribution in [0.2, 0.25) is 0 Å². The average molecular weight is 247 g/mol. The fourth-order valence-corrected chi connectivity index (χ4v) is 1.83. The topological polar surface area (TPSA) is 60.9 Å². The van der Waals surface area contributed by atoms with E-state index < -0.39 is 11.7 Å². The highest BCUT2D eigenvalue weighted by atomic mass is 19.1. The minimum absolute atomic E-state index is 0.102. The molecule has 4 nitrogen and oxygen atoms in total. The number of halogens is 1. The fourth-order valence-electron chi connectivity index (χ4n) is 1.83. The van der Waals surface area contributed by atoms with Gasteiger partial charge in [-0.15, -0.1) is 0 Å². The summed E-state index contributed by atoms with van der Waals surface area (Å²) in [5, 5.41) is 4.18. The first-order valence-electron chi connectivity index (χ1n) is 5.64. The maximum Gasteiger partial charge on any atom is 0.251 e. The lowest BCUT2D eigenvalue weighted by Gasteiger charge is -2.11. The van der Waals surface area contributed by atoms with Gasteiger partial charge in [0.05, 0.1) is 11.3 Å². The molecule has 2 N–H and O–H groups in total. The van der Waals surface area contributed by atoms with E-state index in [9.17, 15) is 9.18 Å². The van der Waals surface area contributed by atoms with E-state index in [2.05, 4.69) is 5.10 Å². The van der Waals surface area contributed by atoms with Crippen LogP contribution in [0.5, 0.6) is 0 Å². The van der Waals surface area contributed by atoms with Gasteiger partial charge in [0.1, 0.15) is 5.82 Å². The van der Waals surface area contributed by atoms with Crippen LogP contribution in [-0.4, -0.2) is 15.7 Å². The number of primary amides is 1. The first kappa shape index (κ1) is 12.3. The molecule has 0 spiro atoms. The Hall–Kier alpha value is -2.17. The minimum Gasteiger partial charge on any atom is -0.366 e. The summed E-state index contributed by atoms with van der Waals surface area (Å²) in [4.78, 5) is 11.0. The van der Waals surface area contributed by atoms with Crippen molar-refractivity contribution in [1.82, 2.24) is 9.78 Å². The van der Waals surface area contributed by atoms with E-state index in [0.29, 0.717) is 5.56 Å².